The Hall–Kier alpha value is -1.09. The van der Waals surface area contributed by atoms with E-state index in [1.807, 2.05) is 13.1 Å². The van der Waals surface area contributed by atoms with Gasteiger partial charge in [-0.25, -0.2) is 4.39 Å². The van der Waals surface area contributed by atoms with Gasteiger partial charge in [0.25, 0.3) is 0 Å². The molecule has 0 atom stereocenters. The largest absolute Gasteiger partial charge is 0.369 e. The smallest absolute Gasteiger partial charge is 0.146 e. The van der Waals surface area contributed by atoms with Crippen molar-refractivity contribution >= 4 is 5.69 Å². The molecule has 0 bridgehead atoms. The van der Waals surface area contributed by atoms with Crippen LogP contribution in [-0.2, 0) is 6.42 Å². The van der Waals surface area contributed by atoms with Crippen molar-refractivity contribution in [1.82, 2.24) is 0 Å². The normalized spacial score (nSPS) is 10.9. The molecule has 1 aromatic carbocycles. The number of nitrogens with zero attached hydrogens (tertiary/aromatic N) is 1. The first kappa shape index (κ1) is 14.0. The van der Waals surface area contributed by atoms with Crippen LogP contribution in [0.15, 0.2) is 18.2 Å². The van der Waals surface area contributed by atoms with Crippen LogP contribution in [0.4, 0.5) is 10.1 Å². The number of benzene rings is 1. The monoisotopic (exact) mass is 238 g/mol. The first-order valence-electron chi connectivity index (χ1n) is 6.35. The van der Waals surface area contributed by atoms with Crippen LogP contribution < -0.4 is 10.6 Å². The molecule has 17 heavy (non-hydrogen) atoms. The summed E-state index contributed by atoms with van der Waals surface area (Å²) in [4.78, 5) is 2.06. The van der Waals surface area contributed by atoms with Crippen LogP contribution in [0.25, 0.3) is 0 Å². The van der Waals surface area contributed by atoms with Gasteiger partial charge in [0.05, 0.1) is 5.69 Å². The zero-order valence-corrected chi connectivity index (χ0v) is 11.0. The van der Waals surface area contributed by atoms with E-state index in [0.29, 0.717) is 18.3 Å². The van der Waals surface area contributed by atoms with E-state index in [4.69, 9.17) is 5.73 Å². The topological polar surface area (TPSA) is 29.3 Å². The standard InChI is InChI=1S/C14H23FN2/c1-4-12(5-2)17(3)14-11(9-10-16)7-6-8-13(14)15/h6-8,12H,4-5,9-10,16H2,1-3H3. The maximum atomic E-state index is 14.0. The third-order valence-electron chi connectivity index (χ3n) is 3.33. The van der Waals surface area contributed by atoms with E-state index in [1.165, 1.54) is 6.07 Å². The summed E-state index contributed by atoms with van der Waals surface area (Å²) in [6.07, 6.45) is 2.75. The number of hydrogen-bond acceptors (Lipinski definition) is 2. The Morgan fingerprint density at radius 3 is 2.47 bits per heavy atom. The van der Waals surface area contributed by atoms with Crippen molar-refractivity contribution in [3.8, 4) is 0 Å². The lowest BCUT2D eigenvalue weighted by Crippen LogP contribution is -2.32. The van der Waals surface area contributed by atoms with Gasteiger partial charge in [-0.05, 0) is 37.4 Å². The molecule has 0 fully saturated rings. The summed E-state index contributed by atoms with van der Waals surface area (Å²) < 4.78 is 14.0. The Bertz CT molecular complexity index is 348. The number of anilines is 1. The van der Waals surface area contributed by atoms with Gasteiger partial charge >= 0.3 is 0 Å². The molecule has 0 spiro atoms. The maximum absolute atomic E-state index is 14.0. The van der Waals surface area contributed by atoms with Gasteiger partial charge in [0, 0.05) is 13.1 Å². The third kappa shape index (κ3) is 3.19. The summed E-state index contributed by atoms with van der Waals surface area (Å²) in [7, 11) is 1.97. The van der Waals surface area contributed by atoms with E-state index in [1.54, 1.807) is 6.07 Å². The van der Waals surface area contributed by atoms with Crippen molar-refractivity contribution in [3.05, 3.63) is 29.6 Å². The van der Waals surface area contributed by atoms with Crippen LogP contribution in [-0.4, -0.2) is 19.6 Å². The Labute approximate surface area is 104 Å². The van der Waals surface area contributed by atoms with Gasteiger partial charge in [-0.1, -0.05) is 26.0 Å². The van der Waals surface area contributed by atoms with Gasteiger partial charge in [0.2, 0.25) is 0 Å². The molecule has 1 aromatic rings. The van der Waals surface area contributed by atoms with E-state index in [0.717, 1.165) is 24.8 Å². The van der Waals surface area contributed by atoms with Gasteiger partial charge in [0.15, 0.2) is 0 Å². The second-order valence-corrected chi connectivity index (χ2v) is 4.37. The predicted octanol–water partition coefficient (Wildman–Crippen LogP) is 2.95. The van der Waals surface area contributed by atoms with E-state index in [9.17, 15) is 4.39 Å². The minimum absolute atomic E-state index is 0.148. The molecule has 2 N–H and O–H groups in total. The second-order valence-electron chi connectivity index (χ2n) is 4.37. The second kappa shape index (κ2) is 6.60. The highest BCUT2D eigenvalue weighted by Gasteiger charge is 2.17. The molecular weight excluding hydrogens is 215 g/mol. The summed E-state index contributed by atoms with van der Waals surface area (Å²) in [5.41, 5.74) is 7.30. The van der Waals surface area contributed by atoms with Crippen molar-refractivity contribution in [2.45, 2.75) is 39.2 Å². The molecule has 96 valence electrons. The average molecular weight is 238 g/mol. The first-order valence-corrected chi connectivity index (χ1v) is 6.35. The summed E-state index contributed by atoms with van der Waals surface area (Å²) in [5, 5.41) is 0. The van der Waals surface area contributed by atoms with Crippen LogP contribution in [0.1, 0.15) is 32.3 Å². The number of nitrogens with two attached hydrogens (primary N) is 1. The highest BCUT2D eigenvalue weighted by molar-refractivity contribution is 5.55. The van der Waals surface area contributed by atoms with Gasteiger partial charge in [0.1, 0.15) is 5.82 Å². The molecule has 0 heterocycles. The van der Waals surface area contributed by atoms with Crippen LogP contribution >= 0.6 is 0 Å². The lowest BCUT2D eigenvalue weighted by atomic mass is 10.0. The molecule has 3 heteroatoms. The highest BCUT2D eigenvalue weighted by Crippen LogP contribution is 2.27. The molecular formula is C14H23FN2. The summed E-state index contributed by atoms with van der Waals surface area (Å²) in [6.45, 7) is 4.81. The fraction of sp³-hybridized carbons (Fsp3) is 0.571. The summed E-state index contributed by atoms with van der Waals surface area (Å²) >= 11 is 0. The van der Waals surface area contributed by atoms with Crippen molar-refractivity contribution < 1.29 is 4.39 Å². The maximum Gasteiger partial charge on any atom is 0.146 e. The Kier molecular flexibility index (Phi) is 5.42. The number of rotatable bonds is 6. The predicted molar refractivity (Wildman–Crippen MR) is 71.9 cm³/mol. The minimum Gasteiger partial charge on any atom is -0.369 e. The first-order chi connectivity index (χ1) is 8.15. The summed E-state index contributed by atoms with van der Waals surface area (Å²) in [6, 6.07) is 5.62. The highest BCUT2D eigenvalue weighted by atomic mass is 19.1. The lowest BCUT2D eigenvalue weighted by Gasteiger charge is -2.30. The molecule has 0 radical (unpaired) electrons. The number of hydrogen-bond donors (Lipinski definition) is 1. The van der Waals surface area contributed by atoms with Gasteiger partial charge in [-0.15, -0.1) is 0 Å². The van der Waals surface area contributed by atoms with Crippen molar-refractivity contribution in [2.24, 2.45) is 5.73 Å². The fourth-order valence-electron chi connectivity index (χ4n) is 2.33. The zero-order chi connectivity index (χ0) is 12.8. The molecule has 0 aliphatic carbocycles. The van der Waals surface area contributed by atoms with Crippen molar-refractivity contribution in [3.63, 3.8) is 0 Å². The number of halogens is 1. The van der Waals surface area contributed by atoms with Crippen LogP contribution in [0.5, 0.6) is 0 Å². The molecule has 0 amide bonds. The van der Waals surface area contributed by atoms with Crippen LogP contribution in [0, 0.1) is 5.82 Å². The zero-order valence-electron chi connectivity index (χ0n) is 11.0. The molecule has 0 saturated carbocycles. The minimum atomic E-state index is -0.148. The SMILES string of the molecule is CCC(CC)N(C)c1c(F)cccc1CCN. The van der Waals surface area contributed by atoms with E-state index >= 15 is 0 Å². The molecule has 0 unspecified atom stereocenters. The molecule has 0 aliphatic rings. The van der Waals surface area contributed by atoms with Gasteiger partial charge < -0.3 is 10.6 Å². The van der Waals surface area contributed by atoms with Crippen molar-refractivity contribution in [2.75, 3.05) is 18.5 Å². The van der Waals surface area contributed by atoms with Gasteiger partial charge in [-0.2, -0.15) is 0 Å². The number of para-hydroxylation sites is 1. The van der Waals surface area contributed by atoms with Crippen LogP contribution in [0.2, 0.25) is 0 Å². The van der Waals surface area contributed by atoms with Gasteiger partial charge in [-0.3, -0.25) is 0 Å². The average Bonchev–Trinajstić information content (AvgIpc) is 2.31. The van der Waals surface area contributed by atoms with E-state index in [2.05, 4.69) is 18.7 Å². The summed E-state index contributed by atoms with van der Waals surface area (Å²) in [5.74, 6) is -0.148. The van der Waals surface area contributed by atoms with Crippen molar-refractivity contribution in [1.29, 1.82) is 0 Å². The molecule has 0 saturated heterocycles. The Balaban J connectivity index is 3.09. The van der Waals surface area contributed by atoms with E-state index in [-0.39, 0.29) is 5.82 Å². The molecule has 1 rings (SSSR count). The lowest BCUT2D eigenvalue weighted by molar-refractivity contribution is 0.563. The molecule has 2 nitrogen and oxygen atoms in total. The molecule has 0 aliphatic heterocycles. The Morgan fingerprint density at radius 1 is 1.29 bits per heavy atom. The fourth-order valence-corrected chi connectivity index (χ4v) is 2.33. The van der Waals surface area contributed by atoms with Crippen LogP contribution in [0.3, 0.4) is 0 Å². The quantitative estimate of drug-likeness (QED) is 0.825. The molecule has 0 aromatic heterocycles. The Morgan fingerprint density at radius 2 is 1.94 bits per heavy atom. The third-order valence-corrected chi connectivity index (χ3v) is 3.33. The van der Waals surface area contributed by atoms with E-state index < -0.39 is 0 Å².